The Bertz CT molecular complexity index is 59.0. The molecule has 0 saturated heterocycles. The maximum atomic E-state index is 8.58. The number of hydrogen-bond acceptors (Lipinski definition) is 4. The van der Waals surface area contributed by atoms with Crippen molar-refractivity contribution in [3.63, 3.8) is 0 Å². The van der Waals surface area contributed by atoms with E-state index in [-0.39, 0.29) is 0 Å². The van der Waals surface area contributed by atoms with Crippen LogP contribution in [0.3, 0.4) is 0 Å². The lowest BCUT2D eigenvalue weighted by Crippen LogP contribution is -2.82. The quantitative estimate of drug-likeness (QED) is 0.339. The smallest absolute Gasteiger partial charge is 0.106 e. The minimum atomic E-state index is -5.61. The van der Waals surface area contributed by atoms with Gasteiger partial charge in [-0.3, -0.25) is 0 Å². The molecule has 0 heterocycles. The first kappa shape index (κ1) is 29.6. The van der Waals surface area contributed by atoms with Gasteiger partial charge in [0.25, 0.3) is 0 Å². The van der Waals surface area contributed by atoms with Gasteiger partial charge >= 0.3 is 0 Å². The molecule has 0 rings (SSSR count). The van der Waals surface area contributed by atoms with Crippen LogP contribution in [0.5, 0.6) is 0 Å². The van der Waals surface area contributed by atoms with Crippen molar-refractivity contribution in [2.45, 2.75) is 0 Å². The molecule has 0 aliphatic heterocycles. The van der Waals surface area contributed by atoms with E-state index in [2.05, 4.69) is 52.6 Å². The van der Waals surface area contributed by atoms with Crippen LogP contribution in [0.4, 0.5) is 0 Å². The predicted octanol–water partition coefficient (Wildman–Crippen LogP) is -1.93. The van der Waals surface area contributed by atoms with E-state index in [1.807, 2.05) is 0 Å². The van der Waals surface area contributed by atoms with Crippen LogP contribution >= 0.6 is 0 Å². The Hall–Kier alpha value is -0.983. The number of hydrogen-bond donors (Lipinski definition) is 0. The molecule has 0 fully saturated rings. The molecule has 0 aliphatic carbocycles. The van der Waals surface area contributed by atoms with E-state index in [1.165, 1.54) is 0 Å². The zero-order chi connectivity index (χ0) is 12.5. The minimum absolute atomic E-state index is 3.00. The highest BCUT2D eigenvalue weighted by molar-refractivity contribution is 6.38. The predicted molar refractivity (Wildman–Crippen MR) is 50.8 cm³/mol. The molecule has 0 aromatic carbocycles. The van der Waals surface area contributed by atoms with Crippen LogP contribution in [-0.4, -0.2) is 9.05 Å². The van der Waals surface area contributed by atoms with Crippen LogP contribution in [0.1, 0.15) is 0 Å². The lowest BCUT2D eigenvalue weighted by molar-refractivity contribution is -0.624. The van der Waals surface area contributed by atoms with Gasteiger partial charge in [-0.2, -0.15) is 0 Å². The summed E-state index contributed by atoms with van der Waals surface area (Å²) in [7, 11) is -5.61. The second-order valence-electron chi connectivity index (χ2n) is 0.500. The Kier molecular flexibility index (Phi) is 100. The van der Waals surface area contributed by atoms with Crippen molar-refractivity contribution in [3.05, 3.63) is 52.6 Å². The Morgan fingerprint density at radius 1 is 0.462 bits per heavy atom. The summed E-state index contributed by atoms with van der Waals surface area (Å²) in [4.78, 5) is 34.3. The molecule has 0 atom stereocenters. The van der Waals surface area contributed by atoms with Crippen molar-refractivity contribution >= 4 is 9.05 Å². The lowest BCUT2D eigenvalue weighted by Gasteiger charge is -2.67. The van der Waals surface area contributed by atoms with E-state index < -0.39 is 9.05 Å². The van der Waals surface area contributed by atoms with Gasteiger partial charge in [-0.15, -0.1) is 52.6 Å². The monoisotopic (exact) mass is 204 g/mol. The Morgan fingerprint density at radius 3 is 0.462 bits per heavy atom. The second kappa shape index (κ2) is 43.9. The molecular formula is C8H16O4Si-4. The van der Waals surface area contributed by atoms with Crippen LogP contribution in [0.15, 0.2) is 52.6 Å². The van der Waals surface area contributed by atoms with Gasteiger partial charge in [0.2, 0.25) is 0 Å². The molecule has 0 radical (unpaired) electrons. The van der Waals surface area contributed by atoms with Gasteiger partial charge in [-0.1, -0.05) is 0 Å². The average molecular weight is 204 g/mol. The van der Waals surface area contributed by atoms with Gasteiger partial charge in [0.15, 0.2) is 0 Å². The Labute approximate surface area is 81.6 Å². The second-order valence-corrected chi connectivity index (χ2v) is 1.50. The maximum Gasteiger partial charge on any atom is -0.106 e. The summed E-state index contributed by atoms with van der Waals surface area (Å²) in [6.07, 6.45) is 0. The molecule has 0 aromatic rings. The fraction of sp³-hybridized carbons (Fsp3) is 0. The third kappa shape index (κ3) is 927. The summed E-state index contributed by atoms with van der Waals surface area (Å²) < 4.78 is 0. The Balaban J connectivity index is -0.0000000230. The third-order valence-electron chi connectivity index (χ3n) is 0. The molecule has 13 heavy (non-hydrogen) atoms. The number of rotatable bonds is 0. The molecule has 4 nitrogen and oxygen atoms in total. The minimum Gasteiger partial charge on any atom is -0.894 e. The zero-order valence-electron chi connectivity index (χ0n) is 7.79. The summed E-state index contributed by atoms with van der Waals surface area (Å²) >= 11 is 0. The van der Waals surface area contributed by atoms with Crippen LogP contribution in [0.2, 0.25) is 0 Å². The fourth-order valence-corrected chi connectivity index (χ4v) is 0. The zero-order valence-corrected chi connectivity index (χ0v) is 8.79. The van der Waals surface area contributed by atoms with Crippen LogP contribution in [-0.2, 0) is 0 Å². The highest BCUT2D eigenvalue weighted by Gasteiger charge is 1.36. The molecule has 0 bridgehead atoms. The molecule has 0 saturated carbocycles. The van der Waals surface area contributed by atoms with Crippen molar-refractivity contribution in [1.29, 1.82) is 0 Å². The SMILES string of the molecule is C=C.C=C.C=C.C=C.[O-][Si]([O-])([O-])[O-]. The van der Waals surface area contributed by atoms with Gasteiger partial charge in [-0.05, 0) is 0 Å². The van der Waals surface area contributed by atoms with Crippen molar-refractivity contribution in [2.75, 3.05) is 0 Å². The summed E-state index contributed by atoms with van der Waals surface area (Å²) in [5.41, 5.74) is 0. The topological polar surface area (TPSA) is 92.2 Å². The Morgan fingerprint density at radius 2 is 0.462 bits per heavy atom. The lowest BCUT2D eigenvalue weighted by atomic mass is 11.3. The van der Waals surface area contributed by atoms with Crippen LogP contribution in [0, 0.1) is 0 Å². The van der Waals surface area contributed by atoms with E-state index in [0.717, 1.165) is 0 Å². The molecule has 0 N–H and O–H groups in total. The van der Waals surface area contributed by atoms with Gasteiger partial charge in [0.1, 0.15) is 0 Å². The van der Waals surface area contributed by atoms with Crippen molar-refractivity contribution in [3.8, 4) is 0 Å². The molecule has 0 unspecified atom stereocenters. The van der Waals surface area contributed by atoms with E-state index in [0.29, 0.717) is 0 Å². The molecule has 0 amide bonds. The van der Waals surface area contributed by atoms with Gasteiger partial charge in [0, 0.05) is 0 Å². The average Bonchev–Trinajstić information content (AvgIpc) is 2.14. The normalized spacial score (nSPS) is 5.85. The van der Waals surface area contributed by atoms with E-state index in [4.69, 9.17) is 19.2 Å². The summed E-state index contributed by atoms with van der Waals surface area (Å²) in [6.45, 7) is 24.0. The molecule has 0 spiro atoms. The van der Waals surface area contributed by atoms with E-state index >= 15 is 0 Å². The van der Waals surface area contributed by atoms with Gasteiger partial charge < -0.3 is 28.2 Å². The first-order valence-electron chi connectivity index (χ1n) is 2.82. The van der Waals surface area contributed by atoms with E-state index in [1.54, 1.807) is 0 Å². The van der Waals surface area contributed by atoms with E-state index in [9.17, 15) is 0 Å². The van der Waals surface area contributed by atoms with Crippen LogP contribution in [0.25, 0.3) is 0 Å². The van der Waals surface area contributed by atoms with Crippen molar-refractivity contribution < 1.29 is 19.2 Å². The highest BCUT2D eigenvalue weighted by atomic mass is 28.4. The first-order chi connectivity index (χ1) is 6.00. The van der Waals surface area contributed by atoms with Crippen molar-refractivity contribution in [2.24, 2.45) is 0 Å². The van der Waals surface area contributed by atoms with Gasteiger partial charge in [0.05, 0.1) is 0 Å². The van der Waals surface area contributed by atoms with Gasteiger partial charge in [-0.25, -0.2) is 0 Å². The third-order valence-corrected chi connectivity index (χ3v) is 0. The van der Waals surface area contributed by atoms with Crippen LogP contribution < -0.4 is 19.2 Å². The summed E-state index contributed by atoms with van der Waals surface area (Å²) in [5.74, 6) is 0. The largest absolute Gasteiger partial charge is 0.894 e. The standard InChI is InChI=1S/4C2H4.O4Si/c4*1-2;1-5(2,3)4/h4*1-2H2;/q;;;;-4. The fourth-order valence-electron chi connectivity index (χ4n) is 0. The maximum absolute atomic E-state index is 8.58. The molecular weight excluding hydrogens is 188 g/mol. The molecule has 0 aliphatic rings. The van der Waals surface area contributed by atoms with Crippen molar-refractivity contribution in [1.82, 2.24) is 0 Å². The molecule has 5 heteroatoms. The summed E-state index contributed by atoms with van der Waals surface area (Å²) in [6, 6.07) is 0. The molecule has 0 aromatic heterocycles. The highest BCUT2D eigenvalue weighted by Crippen LogP contribution is 1.26. The summed E-state index contributed by atoms with van der Waals surface area (Å²) in [5, 5.41) is 0. The first-order valence-corrected chi connectivity index (χ1v) is 4.45. The molecule has 80 valence electrons.